The summed E-state index contributed by atoms with van der Waals surface area (Å²) < 4.78 is 1.63. The van der Waals surface area contributed by atoms with Crippen LogP contribution in [0.15, 0.2) is 24.3 Å². The molecule has 168 valence electrons. The Morgan fingerprint density at radius 3 is 2.70 bits per heavy atom. The van der Waals surface area contributed by atoms with E-state index in [9.17, 15) is 19.6 Å². The second-order valence-electron chi connectivity index (χ2n) is 8.44. The Morgan fingerprint density at radius 1 is 1.27 bits per heavy atom. The van der Waals surface area contributed by atoms with Gasteiger partial charge in [-0.05, 0) is 44.0 Å². The van der Waals surface area contributed by atoms with Crippen LogP contribution in [-0.4, -0.2) is 64.0 Å². The predicted molar refractivity (Wildman–Crippen MR) is 118 cm³/mol. The zero-order valence-electron chi connectivity index (χ0n) is 18.4. The van der Waals surface area contributed by atoms with E-state index in [2.05, 4.69) is 16.5 Å². The first-order valence-corrected chi connectivity index (χ1v) is 10.7. The Morgan fingerprint density at radius 2 is 2.03 bits per heavy atom. The van der Waals surface area contributed by atoms with Crippen LogP contribution in [-0.2, 0) is 9.59 Å². The van der Waals surface area contributed by atoms with E-state index in [1.807, 2.05) is 13.0 Å². The first kappa shape index (κ1) is 22.0. The maximum atomic E-state index is 13.1. The van der Waals surface area contributed by atoms with Crippen molar-refractivity contribution in [3.8, 4) is 23.4 Å². The third kappa shape index (κ3) is 4.41. The van der Waals surface area contributed by atoms with Crippen molar-refractivity contribution in [3.05, 3.63) is 35.5 Å². The van der Waals surface area contributed by atoms with Crippen LogP contribution < -0.4 is 5.32 Å². The molecule has 2 aliphatic rings. The van der Waals surface area contributed by atoms with Crippen molar-refractivity contribution in [1.29, 1.82) is 10.5 Å². The number of aromatic nitrogens is 2. The highest BCUT2D eigenvalue weighted by molar-refractivity contribution is 6.00. The number of nitrogens with one attached hydrogen (secondary N) is 1. The number of nitrogens with zero attached hydrogens (tertiary/aromatic N) is 6. The third-order valence-corrected chi connectivity index (χ3v) is 5.83. The number of hydrogen-bond acceptors (Lipinski definition) is 6. The molecule has 1 aliphatic heterocycles. The average molecular weight is 445 g/mol. The monoisotopic (exact) mass is 445 g/mol. The Kier molecular flexibility index (Phi) is 5.84. The molecule has 0 unspecified atom stereocenters. The first-order chi connectivity index (χ1) is 15.8. The number of carbonyl (C=O) groups is 3. The highest BCUT2D eigenvalue weighted by atomic mass is 16.2. The van der Waals surface area contributed by atoms with Gasteiger partial charge in [0, 0.05) is 25.1 Å². The predicted octanol–water partition coefficient (Wildman–Crippen LogP) is 1.77. The Hall–Kier alpha value is -4.18. The Balaban J connectivity index is 1.63. The molecule has 0 radical (unpaired) electrons. The minimum Gasteiger partial charge on any atom is -0.331 e. The fourth-order valence-corrected chi connectivity index (χ4v) is 3.80. The molecule has 0 saturated heterocycles. The number of amides is 3. The normalized spacial score (nSPS) is 17.0. The largest absolute Gasteiger partial charge is 0.331 e. The van der Waals surface area contributed by atoms with Crippen LogP contribution in [0, 0.1) is 28.6 Å². The van der Waals surface area contributed by atoms with Gasteiger partial charge in [-0.2, -0.15) is 15.6 Å². The van der Waals surface area contributed by atoms with E-state index in [1.165, 1.54) is 16.8 Å². The van der Waals surface area contributed by atoms with E-state index in [-0.39, 0.29) is 42.8 Å². The van der Waals surface area contributed by atoms with Gasteiger partial charge in [0.2, 0.25) is 11.8 Å². The maximum Gasteiger partial charge on any atom is 0.272 e. The summed E-state index contributed by atoms with van der Waals surface area (Å²) in [6.45, 7) is 2.03. The molecule has 2 heterocycles. The summed E-state index contributed by atoms with van der Waals surface area (Å²) in [5.41, 5.74) is 2.33. The molecule has 1 fully saturated rings. The van der Waals surface area contributed by atoms with Gasteiger partial charge in [-0.15, -0.1) is 0 Å². The van der Waals surface area contributed by atoms with Gasteiger partial charge >= 0.3 is 0 Å². The molecule has 1 aliphatic carbocycles. The number of anilines is 1. The molecule has 4 rings (SSSR count). The van der Waals surface area contributed by atoms with Gasteiger partial charge in [-0.1, -0.05) is 0 Å². The van der Waals surface area contributed by atoms with Crippen molar-refractivity contribution in [2.75, 3.05) is 32.0 Å². The highest BCUT2D eigenvalue weighted by Gasteiger charge is 2.33. The van der Waals surface area contributed by atoms with Crippen molar-refractivity contribution < 1.29 is 14.4 Å². The van der Waals surface area contributed by atoms with Crippen LogP contribution in [0.25, 0.3) is 11.3 Å². The van der Waals surface area contributed by atoms with Crippen molar-refractivity contribution in [1.82, 2.24) is 19.6 Å². The third-order valence-electron chi connectivity index (χ3n) is 5.83. The van der Waals surface area contributed by atoms with Crippen LogP contribution in [0.4, 0.5) is 5.69 Å². The molecule has 1 atom stereocenters. The van der Waals surface area contributed by atoms with Gasteiger partial charge in [0.05, 0.1) is 35.1 Å². The number of carbonyl (C=O) groups excluding carboxylic acids is 3. The summed E-state index contributed by atoms with van der Waals surface area (Å²) in [5, 5.41) is 25.6. The van der Waals surface area contributed by atoms with Crippen LogP contribution in [0.1, 0.15) is 41.9 Å². The lowest BCUT2D eigenvalue weighted by atomic mass is 10.1. The van der Waals surface area contributed by atoms with Crippen molar-refractivity contribution in [2.24, 2.45) is 5.92 Å². The lowest BCUT2D eigenvalue weighted by Gasteiger charge is -2.32. The summed E-state index contributed by atoms with van der Waals surface area (Å²) in [6, 6.07) is 10.4. The summed E-state index contributed by atoms with van der Waals surface area (Å²) in [7, 11) is 1.52. The number of nitriles is 2. The van der Waals surface area contributed by atoms with Gasteiger partial charge in [-0.25, -0.2) is 0 Å². The van der Waals surface area contributed by atoms with Crippen molar-refractivity contribution in [2.45, 2.75) is 25.8 Å². The van der Waals surface area contributed by atoms with E-state index in [0.29, 0.717) is 34.7 Å². The number of fused-ring (bicyclic) bond motifs is 1. The number of likely N-dealkylation sites (N-methyl/N-ethyl adjacent to an activating group) is 1. The fourth-order valence-electron chi connectivity index (χ4n) is 3.80. The smallest absolute Gasteiger partial charge is 0.272 e. The average Bonchev–Trinajstić information content (AvgIpc) is 3.55. The number of benzene rings is 1. The second-order valence-corrected chi connectivity index (χ2v) is 8.44. The quantitative estimate of drug-likeness (QED) is 0.673. The van der Waals surface area contributed by atoms with Gasteiger partial charge in [0.25, 0.3) is 5.91 Å². The molecule has 0 bridgehead atoms. The Labute approximate surface area is 191 Å². The highest BCUT2D eigenvalue weighted by Crippen LogP contribution is 2.34. The lowest BCUT2D eigenvalue weighted by molar-refractivity contribution is -0.130. The molecule has 33 heavy (non-hydrogen) atoms. The van der Waals surface area contributed by atoms with E-state index in [4.69, 9.17) is 5.26 Å². The minimum absolute atomic E-state index is 0.00865. The summed E-state index contributed by atoms with van der Waals surface area (Å²) in [5.74, 6) is -0.748. The zero-order chi connectivity index (χ0) is 23.7. The van der Waals surface area contributed by atoms with E-state index < -0.39 is 0 Å². The molecule has 10 nitrogen and oxygen atoms in total. The number of rotatable bonds is 6. The topological polar surface area (TPSA) is 135 Å². The van der Waals surface area contributed by atoms with E-state index in [1.54, 1.807) is 28.9 Å². The van der Waals surface area contributed by atoms with Crippen LogP contribution in [0.2, 0.25) is 0 Å². The first-order valence-electron chi connectivity index (χ1n) is 10.7. The molecule has 10 heteroatoms. The minimum atomic E-state index is -0.331. The molecule has 1 saturated carbocycles. The number of hydrogen-bond donors (Lipinski definition) is 1. The molecule has 1 aromatic carbocycles. The van der Waals surface area contributed by atoms with Crippen LogP contribution >= 0.6 is 0 Å². The molecule has 1 aromatic heterocycles. The molecule has 0 spiro atoms. The molecule has 1 N–H and O–H groups in total. The molecule has 3 amide bonds. The van der Waals surface area contributed by atoms with Gasteiger partial charge in [-0.3, -0.25) is 19.1 Å². The summed E-state index contributed by atoms with van der Waals surface area (Å²) >= 11 is 0. The molecular formula is C23H23N7O3. The lowest BCUT2D eigenvalue weighted by Crippen LogP contribution is -2.47. The van der Waals surface area contributed by atoms with Crippen LogP contribution in [0.3, 0.4) is 0 Å². The standard InChI is InChI=1S/C23H23N7O3/c1-14-12-29(13-21(31)28(2)8-7-24)23(33)20-10-19(27-30(14)20)17-6-3-15(11-25)9-18(17)26-22(32)16-4-5-16/h3,6,9-10,14,16H,4-5,8,12-13H2,1-2H3,(H,26,32)/t14-/m0/s1. The Bertz CT molecular complexity index is 1220. The van der Waals surface area contributed by atoms with Crippen molar-refractivity contribution >= 4 is 23.4 Å². The van der Waals surface area contributed by atoms with Gasteiger partial charge < -0.3 is 15.1 Å². The summed E-state index contributed by atoms with van der Waals surface area (Å²) in [4.78, 5) is 40.6. The SMILES string of the molecule is C[C@H]1CN(CC(=O)N(C)CC#N)C(=O)c2cc(-c3ccc(C#N)cc3NC(=O)C3CC3)nn21. The van der Waals surface area contributed by atoms with Crippen LogP contribution in [0.5, 0.6) is 0 Å². The zero-order valence-corrected chi connectivity index (χ0v) is 18.4. The summed E-state index contributed by atoms with van der Waals surface area (Å²) in [6.07, 6.45) is 1.70. The second kappa shape index (κ2) is 8.75. The van der Waals surface area contributed by atoms with Gasteiger partial charge in [0.15, 0.2) is 0 Å². The maximum absolute atomic E-state index is 13.1. The molecule has 2 aromatic rings. The fraction of sp³-hybridized carbons (Fsp3) is 0.391. The van der Waals surface area contributed by atoms with E-state index >= 15 is 0 Å². The molecular weight excluding hydrogens is 422 g/mol. The van der Waals surface area contributed by atoms with E-state index in [0.717, 1.165) is 12.8 Å². The van der Waals surface area contributed by atoms with Crippen molar-refractivity contribution in [3.63, 3.8) is 0 Å². The van der Waals surface area contributed by atoms with Gasteiger partial charge in [0.1, 0.15) is 18.8 Å².